The number of anilines is 1. The van der Waals surface area contributed by atoms with E-state index in [0.29, 0.717) is 11.6 Å². The Morgan fingerprint density at radius 2 is 2.05 bits per heavy atom. The number of aromatic nitrogens is 1. The van der Waals surface area contributed by atoms with Crippen molar-refractivity contribution >= 4 is 11.6 Å². The van der Waals surface area contributed by atoms with E-state index in [1.54, 1.807) is 25.4 Å². The Balaban J connectivity index is 2.09. The fourth-order valence-corrected chi connectivity index (χ4v) is 1.88. The van der Waals surface area contributed by atoms with Crippen LogP contribution >= 0.6 is 0 Å². The minimum atomic E-state index is -0.377. The molecule has 0 aliphatic rings. The van der Waals surface area contributed by atoms with Crippen LogP contribution in [0.5, 0.6) is 5.88 Å². The highest BCUT2D eigenvalue weighted by Crippen LogP contribution is 2.18. The number of rotatable bonds is 5. The Labute approximate surface area is 117 Å². The molecule has 0 aliphatic carbocycles. The fraction of sp³-hybridized carbons (Fsp3) is 0.200. The van der Waals surface area contributed by atoms with Crippen molar-refractivity contribution in [2.45, 2.75) is 5.92 Å². The Morgan fingerprint density at radius 3 is 2.60 bits per heavy atom. The molecule has 2 aromatic rings. The molecule has 5 heteroatoms. The van der Waals surface area contributed by atoms with Crippen LogP contribution in [0.4, 0.5) is 5.69 Å². The van der Waals surface area contributed by atoms with Gasteiger partial charge in [-0.2, -0.15) is 0 Å². The van der Waals surface area contributed by atoms with E-state index in [4.69, 9.17) is 10.5 Å². The van der Waals surface area contributed by atoms with Crippen molar-refractivity contribution in [1.82, 2.24) is 4.98 Å². The first kappa shape index (κ1) is 14.0. The summed E-state index contributed by atoms with van der Waals surface area (Å²) in [5, 5.41) is 2.81. The summed E-state index contributed by atoms with van der Waals surface area (Å²) < 4.78 is 4.97. The highest BCUT2D eigenvalue weighted by molar-refractivity contribution is 5.95. The number of amides is 1. The molecule has 2 rings (SSSR count). The molecule has 0 saturated carbocycles. The van der Waals surface area contributed by atoms with E-state index in [0.717, 1.165) is 5.56 Å². The van der Waals surface area contributed by atoms with Crippen LogP contribution in [0.3, 0.4) is 0 Å². The Kier molecular flexibility index (Phi) is 4.68. The van der Waals surface area contributed by atoms with Crippen molar-refractivity contribution in [3.8, 4) is 5.88 Å². The van der Waals surface area contributed by atoms with Crippen LogP contribution in [0.15, 0.2) is 48.7 Å². The van der Waals surface area contributed by atoms with Crippen molar-refractivity contribution in [2.24, 2.45) is 5.73 Å². The number of carbonyl (C=O) groups excluding carboxylic acids is 1. The van der Waals surface area contributed by atoms with E-state index < -0.39 is 0 Å². The number of nitrogens with zero attached hydrogens (tertiary/aromatic N) is 1. The maximum Gasteiger partial charge on any atom is 0.233 e. The fourth-order valence-electron chi connectivity index (χ4n) is 1.88. The summed E-state index contributed by atoms with van der Waals surface area (Å²) in [6.45, 7) is 0.249. The van der Waals surface area contributed by atoms with E-state index in [9.17, 15) is 4.79 Å². The van der Waals surface area contributed by atoms with Crippen molar-refractivity contribution in [3.05, 3.63) is 54.2 Å². The summed E-state index contributed by atoms with van der Waals surface area (Å²) in [4.78, 5) is 16.3. The second-order valence-electron chi connectivity index (χ2n) is 4.28. The van der Waals surface area contributed by atoms with Crippen LogP contribution in [0, 0.1) is 0 Å². The lowest BCUT2D eigenvalue weighted by atomic mass is 9.98. The Morgan fingerprint density at radius 1 is 1.30 bits per heavy atom. The quantitative estimate of drug-likeness (QED) is 0.869. The first-order chi connectivity index (χ1) is 9.74. The van der Waals surface area contributed by atoms with Gasteiger partial charge >= 0.3 is 0 Å². The average Bonchev–Trinajstić information content (AvgIpc) is 2.50. The van der Waals surface area contributed by atoms with E-state index in [1.165, 1.54) is 0 Å². The molecule has 104 valence electrons. The molecule has 20 heavy (non-hydrogen) atoms. The lowest BCUT2D eigenvalue weighted by Gasteiger charge is -2.15. The third-order valence-electron chi connectivity index (χ3n) is 2.97. The SMILES string of the molecule is COc1ccc(NC(=O)C(CN)c2ccccc2)cn1. The minimum absolute atomic E-state index is 0.148. The minimum Gasteiger partial charge on any atom is -0.481 e. The van der Waals surface area contributed by atoms with Crippen molar-refractivity contribution < 1.29 is 9.53 Å². The lowest BCUT2D eigenvalue weighted by Crippen LogP contribution is -2.27. The number of nitrogens with one attached hydrogen (secondary N) is 1. The number of carbonyl (C=O) groups is 1. The van der Waals surface area contributed by atoms with Crippen molar-refractivity contribution in [1.29, 1.82) is 0 Å². The first-order valence-electron chi connectivity index (χ1n) is 6.30. The van der Waals surface area contributed by atoms with Crippen LogP contribution in [-0.4, -0.2) is 24.5 Å². The monoisotopic (exact) mass is 271 g/mol. The topological polar surface area (TPSA) is 77.2 Å². The average molecular weight is 271 g/mol. The second kappa shape index (κ2) is 6.68. The van der Waals surface area contributed by atoms with Crippen LogP contribution < -0.4 is 15.8 Å². The van der Waals surface area contributed by atoms with E-state index in [-0.39, 0.29) is 18.4 Å². The highest BCUT2D eigenvalue weighted by atomic mass is 16.5. The maximum atomic E-state index is 12.2. The van der Waals surface area contributed by atoms with Crippen molar-refractivity contribution in [2.75, 3.05) is 19.0 Å². The molecule has 1 aromatic heterocycles. The van der Waals surface area contributed by atoms with Crippen molar-refractivity contribution in [3.63, 3.8) is 0 Å². The summed E-state index contributed by atoms with van der Waals surface area (Å²) in [6, 6.07) is 12.9. The van der Waals surface area contributed by atoms with Gasteiger partial charge in [-0.1, -0.05) is 30.3 Å². The van der Waals surface area contributed by atoms with Crippen LogP contribution in [0.1, 0.15) is 11.5 Å². The van der Waals surface area contributed by atoms with Gasteiger partial charge in [0.1, 0.15) is 0 Å². The number of hydrogen-bond donors (Lipinski definition) is 2. The van der Waals surface area contributed by atoms with Gasteiger partial charge in [0, 0.05) is 12.6 Å². The molecule has 0 fully saturated rings. The Bertz CT molecular complexity index is 555. The number of nitrogens with two attached hydrogens (primary N) is 1. The number of ether oxygens (including phenoxy) is 1. The van der Waals surface area contributed by atoms with Crippen LogP contribution in [-0.2, 0) is 4.79 Å². The molecule has 0 aliphatic heterocycles. The third-order valence-corrected chi connectivity index (χ3v) is 2.97. The Hall–Kier alpha value is -2.40. The van der Waals surface area contributed by atoms with Gasteiger partial charge in [-0.05, 0) is 11.6 Å². The predicted molar refractivity (Wildman–Crippen MR) is 77.7 cm³/mol. The molecule has 0 bridgehead atoms. The van der Waals surface area contributed by atoms with Gasteiger partial charge < -0.3 is 15.8 Å². The van der Waals surface area contributed by atoms with Gasteiger partial charge in [0.25, 0.3) is 0 Å². The standard InChI is InChI=1S/C15H17N3O2/c1-20-14-8-7-12(10-17-14)18-15(19)13(9-16)11-5-3-2-4-6-11/h2-8,10,13H,9,16H2,1H3,(H,18,19). The normalized spacial score (nSPS) is 11.7. The zero-order chi connectivity index (χ0) is 14.4. The zero-order valence-corrected chi connectivity index (χ0v) is 11.2. The number of pyridine rings is 1. The lowest BCUT2D eigenvalue weighted by molar-refractivity contribution is -0.117. The van der Waals surface area contributed by atoms with Gasteiger partial charge in [0.2, 0.25) is 11.8 Å². The van der Waals surface area contributed by atoms with Gasteiger partial charge in [0.05, 0.1) is 24.9 Å². The molecule has 5 nitrogen and oxygen atoms in total. The molecule has 1 heterocycles. The van der Waals surface area contributed by atoms with E-state index >= 15 is 0 Å². The molecule has 1 aromatic carbocycles. The van der Waals surface area contributed by atoms with Crippen LogP contribution in [0.25, 0.3) is 0 Å². The van der Waals surface area contributed by atoms with E-state index in [2.05, 4.69) is 10.3 Å². The first-order valence-corrected chi connectivity index (χ1v) is 6.30. The summed E-state index contributed by atoms with van der Waals surface area (Å²) in [6.07, 6.45) is 1.55. The van der Waals surface area contributed by atoms with Gasteiger partial charge in [-0.25, -0.2) is 4.98 Å². The number of benzene rings is 1. The molecular formula is C15H17N3O2. The maximum absolute atomic E-state index is 12.2. The number of methoxy groups -OCH3 is 1. The molecular weight excluding hydrogens is 254 g/mol. The smallest absolute Gasteiger partial charge is 0.233 e. The summed E-state index contributed by atoms with van der Waals surface area (Å²) >= 11 is 0. The molecule has 1 atom stereocenters. The van der Waals surface area contributed by atoms with Gasteiger partial charge in [-0.15, -0.1) is 0 Å². The molecule has 1 amide bonds. The third kappa shape index (κ3) is 3.33. The summed E-state index contributed by atoms with van der Waals surface area (Å²) in [5.74, 6) is -0.0228. The number of hydrogen-bond acceptors (Lipinski definition) is 4. The highest BCUT2D eigenvalue weighted by Gasteiger charge is 2.18. The van der Waals surface area contributed by atoms with Crippen LogP contribution in [0.2, 0.25) is 0 Å². The molecule has 0 saturated heterocycles. The molecule has 3 N–H and O–H groups in total. The summed E-state index contributed by atoms with van der Waals surface area (Å²) in [7, 11) is 1.54. The molecule has 0 spiro atoms. The van der Waals surface area contributed by atoms with Gasteiger partial charge in [0.15, 0.2) is 0 Å². The van der Waals surface area contributed by atoms with E-state index in [1.807, 2.05) is 30.3 Å². The predicted octanol–water partition coefficient (Wildman–Crippen LogP) is 1.77. The molecule has 1 unspecified atom stereocenters. The van der Waals surface area contributed by atoms with Gasteiger partial charge in [-0.3, -0.25) is 4.79 Å². The second-order valence-corrected chi connectivity index (χ2v) is 4.28. The molecule has 0 radical (unpaired) electrons. The largest absolute Gasteiger partial charge is 0.481 e. The summed E-state index contributed by atoms with van der Waals surface area (Å²) in [5.41, 5.74) is 7.22. The zero-order valence-electron chi connectivity index (χ0n) is 11.2.